The number of carbonyl (C=O) groups excluding carboxylic acids is 2. The molecule has 30 heavy (non-hydrogen) atoms. The maximum absolute atomic E-state index is 12.8. The lowest BCUT2D eigenvalue weighted by atomic mass is 10.1. The van der Waals surface area contributed by atoms with Crippen LogP contribution in [0.25, 0.3) is 0 Å². The number of hydrogen-bond acceptors (Lipinski definition) is 6. The van der Waals surface area contributed by atoms with Crippen molar-refractivity contribution in [2.75, 3.05) is 5.32 Å². The van der Waals surface area contributed by atoms with Crippen LogP contribution in [-0.2, 0) is 31.1 Å². The SMILES string of the molecule is C[C@H](Sc1nnc(Cc2ccccc2)n1C)C(=O)Nc1sc2c(c1C(N)=O)CCC2. The largest absolute Gasteiger partial charge is 0.365 e. The first kappa shape index (κ1) is 20.6. The highest BCUT2D eigenvalue weighted by Crippen LogP contribution is 2.39. The van der Waals surface area contributed by atoms with Crippen molar-refractivity contribution in [1.29, 1.82) is 0 Å². The Labute approximate surface area is 183 Å². The van der Waals surface area contributed by atoms with E-state index in [1.54, 1.807) is 0 Å². The summed E-state index contributed by atoms with van der Waals surface area (Å²) in [4.78, 5) is 25.9. The summed E-state index contributed by atoms with van der Waals surface area (Å²) >= 11 is 2.80. The molecule has 2 heterocycles. The van der Waals surface area contributed by atoms with Gasteiger partial charge in [-0.05, 0) is 37.3 Å². The van der Waals surface area contributed by atoms with Crippen LogP contribution < -0.4 is 11.1 Å². The summed E-state index contributed by atoms with van der Waals surface area (Å²) in [6, 6.07) is 10.1. The summed E-state index contributed by atoms with van der Waals surface area (Å²) < 4.78 is 1.91. The van der Waals surface area contributed by atoms with Gasteiger partial charge in [0.05, 0.1) is 10.8 Å². The third kappa shape index (κ3) is 4.13. The van der Waals surface area contributed by atoms with E-state index in [-0.39, 0.29) is 5.91 Å². The summed E-state index contributed by atoms with van der Waals surface area (Å²) in [5.74, 6) is 0.167. The first-order chi connectivity index (χ1) is 14.4. The van der Waals surface area contributed by atoms with Crippen molar-refractivity contribution in [3.63, 3.8) is 0 Å². The van der Waals surface area contributed by atoms with E-state index < -0.39 is 11.2 Å². The fourth-order valence-electron chi connectivity index (χ4n) is 3.56. The molecule has 1 aliphatic rings. The molecule has 2 amide bonds. The van der Waals surface area contributed by atoms with E-state index in [9.17, 15) is 9.59 Å². The van der Waals surface area contributed by atoms with Crippen LogP contribution in [0.15, 0.2) is 35.5 Å². The van der Waals surface area contributed by atoms with E-state index in [2.05, 4.69) is 15.5 Å². The van der Waals surface area contributed by atoms with Crippen LogP contribution in [0.5, 0.6) is 0 Å². The number of benzene rings is 1. The standard InChI is InChI=1S/C21H23N5O2S2/c1-12(19(28)23-20-17(18(22)27)14-9-6-10-15(14)30-20)29-21-25-24-16(26(21)2)11-13-7-4-3-5-8-13/h3-5,7-8,12H,6,9-11H2,1-2H3,(H2,22,27)(H,23,28)/t12-/m0/s1. The molecule has 0 saturated heterocycles. The van der Waals surface area contributed by atoms with Crippen molar-refractivity contribution in [2.45, 2.75) is 43.0 Å². The van der Waals surface area contributed by atoms with E-state index in [0.717, 1.165) is 41.1 Å². The molecule has 2 aromatic heterocycles. The topological polar surface area (TPSA) is 103 Å². The summed E-state index contributed by atoms with van der Waals surface area (Å²) in [7, 11) is 1.90. The number of amides is 2. The first-order valence-electron chi connectivity index (χ1n) is 9.78. The minimum Gasteiger partial charge on any atom is -0.365 e. The second-order valence-corrected chi connectivity index (χ2v) is 9.71. The number of nitrogens with two attached hydrogens (primary N) is 1. The lowest BCUT2D eigenvalue weighted by Gasteiger charge is -2.12. The Balaban J connectivity index is 1.44. The maximum Gasteiger partial charge on any atom is 0.251 e. The van der Waals surface area contributed by atoms with Gasteiger partial charge in [0.1, 0.15) is 10.8 Å². The summed E-state index contributed by atoms with van der Waals surface area (Å²) in [6.45, 7) is 1.82. The van der Waals surface area contributed by atoms with E-state index in [4.69, 9.17) is 5.73 Å². The van der Waals surface area contributed by atoms with Crippen LogP contribution >= 0.6 is 23.1 Å². The number of anilines is 1. The van der Waals surface area contributed by atoms with Gasteiger partial charge in [0, 0.05) is 18.3 Å². The van der Waals surface area contributed by atoms with Gasteiger partial charge >= 0.3 is 0 Å². The predicted molar refractivity (Wildman–Crippen MR) is 119 cm³/mol. The fraction of sp³-hybridized carbons (Fsp3) is 0.333. The second kappa shape index (κ2) is 8.61. The van der Waals surface area contributed by atoms with Gasteiger partial charge in [0.2, 0.25) is 5.91 Å². The van der Waals surface area contributed by atoms with Gasteiger partial charge in [-0.1, -0.05) is 42.1 Å². The molecule has 0 radical (unpaired) electrons. The van der Waals surface area contributed by atoms with Gasteiger partial charge in [-0.2, -0.15) is 0 Å². The van der Waals surface area contributed by atoms with Gasteiger partial charge in [-0.15, -0.1) is 21.5 Å². The lowest BCUT2D eigenvalue weighted by molar-refractivity contribution is -0.115. The fourth-order valence-corrected chi connectivity index (χ4v) is 5.69. The number of thiophene rings is 1. The van der Waals surface area contributed by atoms with Crippen molar-refractivity contribution in [3.8, 4) is 0 Å². The number of hydrogen-bond donors (Lipinski definition) is 2. The maximum atomic E-state index is 12.8. The van der Waals surface area contributed by atoms with Crippen LogP contribution in [-0.4, -0.2) is 31.8 Å². The van der Waals surface area contributed by atoms with Crippen molar-refractivity contribution < 1.29 is 9.59 Å². The zero-order valence-corrected chi connectivity index (χ0v) is 18.5. The van der Waals surface area contributed by atoms with Crippen molar-refractivity contribution in [3.05, 3.63) is 57.7 Å². The van der Waals surface area contributed by atoms with Crippen LogP contribution in [0.3, 0.4) is 0 Å². The molecule has 1 aliphatic carbocycles. The Morgan fingerprint density at radius 1 is 1.27 bits per heavy atom. The van der Waals surface area contributed by atoms with Crippen molar-refractivity contribution in [2.24, 2.45) is 12.8 Å². The Morgan fingerprint density at radius 3 is 2.77 bits per heavy atom. The van der Waals surface area contributed by atoms with Gasteiger partial charge in [0.15, 0.2) is 5.16 Å². The molecule has 0 unspecified atom stereocenters. The molecule has 9 heteroatoms. The minimum absolute atomic E-state index is 0.185. The normalized spacial score (nSPS) is 13.8. The zero-order chi connectivity index (χ0) is 21.3. The second-order valence-electron chi connectivity index (χ2n) is 7.30. The number of fused-ring (bicyclic) bond motifs is 1. The molecule has 0 spiro atoms. The summed E-state index contributed by atoms with van der Waals surface area (Å²) in [6.07, 6.45) is 3.48. The van der Waals surface area contributed by atoms with Gasteiger partial charge in [0.25, 0.3) is 5.91 Å². The van der Waals surface area contributed by atoms with Crippen LogP contribution in [0, 0.1) is 0 Å². The average molecular weight is 442 g/mol. The molecule has 3 aromatic rings. The van der Waals surface area contributed by atoms with Gasteiger partial charge in [-0.25, -0.2) is 0 Å². The number of primary amides is 1. The highest BCUT2D eigenvalue weighted by molar-refractivity contribution is 8.00. The molecule has 0 saturated carbocycles. The number of thioether (sulfide) groups is 1. The van der Waals surface area contributed by atoms with Crippen LogP contribution in [0.1, 0.15) is 45.5 Å². The molecule has 0 aliphatic heterocycles. The molecular weight excluding hydrogens is 418 g/mol. The molecule has 156 valence electrons. The molecule has 0 fully saturated rings. The highest BCUT2D eigenvalue weighted by atomic mass is 32.2. The summed E-state index contributed by atoms with van der Waals surface area (Å²) in [5, 5.41) is 12.3. The monoisotopic (exact) mass is 441 g/mol. The van der Waals surface area contributed by atoms with E-state index in [0.29, 0.717) is 22.1 Å². The van der Waals surface area contributed by atoms with E-state index in [1.807, 2.05) is 48.9 Å². The van der Waals surface area contributed by atoms with Crippen LogP contribution in [0.2, 0.25) is 0 Å². The number of aromatic nitrogens is 3. The number of rotatable bonds is 7. The van der Waals surface area contributed by atoms with E-state index in [1.165, 1.54) is 23.1 Å². The van der Waals surface area contributed by atoms with E-state index >= 15 is 0 Å². The number of nitrogens with zero attached hydrogens (tertiary/aromatic N) is 3. The third-order valence-corrected chi connectivity index (χ3v) is 7.53. The Bertz CT molecular complexity index is 1090. The minimum atomic E-state index is -0.483. The highest BCUT2D eigenvalue weighted by Gasteiger charge is 2.27. The quantitative estimate of drug-likeness (QED) is 0.548. The Kier molecular flexibility index (Phi) is 5.92. The molecule has 3 N–H and O–H groups in total. The Morgan fingerprint density at radius 2 is 2.03 bits per heavy atom. The van der Waals surface area contributed by atoms with Gasteiger partial charge in [-0.3, -0.25) is 9.59 Å². The lowest BCUT2D eigenvalue weighted by Crippen LogP contribution is -2.24. The van der Waals surface area contributed by atoms with Crippen molar-refractivity contribution in [1.82, 2.24) is 14.8 Å². The van der Waals surface area contributed by atoms with Gasteiger partial charge < -0.3 is 15.6 Å². The first-order valence-corrected chi connectivity index (χ1v) is 11.5. The number of nitrogens with one attached hydrogen (secondary N) is 1. The third-order valence-electron chi connectivity index (χ3n) is 5.19. The Hall–Kier alpha value is -2.65. The molecule has 0 bridgehead atoms. The average Bonchev–Trinajstić information content (AvgIpc) is 3.39. The molecular formula is C21H23N5O2S2. The molecule has 1 aromatic carbocycles. The summed E-state index contributed by atoms with van der Waals surface area (Å²) in [5.41, 5.74) is 8.21. The molecule has 4 rings (SSSR count). The number of carbonyl (C=O) groups is 2. The van der Waals surface area contributed by atoms with Crippen LogP contribution in [0.4, 0.5) is 5.00 Å². The number of aryl methyl sites for hydroxylation is 1. The predicted octanol–water partition coefficient (Wildman–Crippen LogP) is 3.17. The van der Waals surface area contributed by atoms with Crippen molar-refractivity contribution >= 4 is 39.9 Å². The molecule has 1 atom stereocenters. The molecule has 7 nitrogen and oxygen atoms in total. The smallest absolute Gasteiger partial charge is 0.251 e. The zero-order valence-electron chi connectivity index (χ0n) is 16.8.